The number of carbonyl (C=O) groups is 1. The molecule has 3 rings (SSSR count). The number of piperidine rings is 1. The molecular formula is C16H16ClN3O2. The van der Waals surface area contributed by atoms with E-state index in [0.717, 1.165) is 12.8 Å². The van der Waals surface area contributed by atoms with Gasteiger partial charge in [-0.3, -0.25) is 9.78 Å². The van der Waals surface area contributed by atoms with Crippen molar-refractivity contribution in [1.29, 1.82) is 0 Å². The molecule has 1 amide bonds. The van der Waals surface area contributed by atoms with Gasteiger partial charge in [0, 0.05) is 48.9 Å². The van der Waals surface area contributed by atoms with Crippen molar-refractivity contribution in [2.75, 3.05) is 13.1 Å². The number of amides is 1. The summed E-state index contributed by atoms with van der Waals surface area (Å²) in [7, 11) is 0. The van der Waals surface area contributed by atoms with Gasteiger partial charge < -0.3 is 9.64 Å². The highest BCUT2D eigenvalue weighted by molar-refractivity contribution is 6.30. The Kier molecular flexibility index (Phi) is 4.53. The van der Waals surface area contributed by atoms with Crippen molar-refractivity contribution in [3.63, 3.8) is 0 Å². The molecule has 1 aliphatic heterocycles. The second-order valence-electron chi connectivity index (χ2n) is 5.16. The lowest BCUT2D eigenvalue weighted by Gasteiger charge is -2.31. The third kappa shape index (κ3) is 3.54. The van der Waals surface area contributed by atoms with Crippen LogP contribution in [-0.4, -0.2) is 40.0 Å². The zero-order valence-corrected chi connectivity index (χ0v) is 12.7. The fraction of sp³-hybridized carbons (Fsp3) is 0.312. The standard InChI is InChI=1S/C16H16ClN3O2/c17-13-3-1-12(2-4-13)16(21)20-9-5-14(6-10-20)22-15-11-18-7-8-19-15/h1-4,7-8,11,14H,5-6,9-10H2. The lowest BCUT2D eigenvalue weighted by Crippen LogP contribution is -2.41. The predicted molar refractivity (Wildman–Crippen MR) is 83.0 cm³/mol. The first-order chi connectivity index (χ1) is 10.7. The van der Waals surface area contributed by atoms with Crippen molar-refractivity contribution >= 4 is 17.5 Å². The molecule has 22 heavy (non-hydrogen) atoms. The van der Waals surface area contributed by atoms with Crippen LogP contribution in [0, 0.1) is 0 Å². The Morgan fingerprint density at radius 2 is 1.91 bits per heavy atom. The fourth-order valence-corrected chi connectivity index (χ4v) is 2.59. The topological polar surface area (TPSA) is 55.3 Å². The van der Waals surface area contributed by atoms with E-state index in [-0.39, 0.29) is 12.0 Å². The Bertz CT molecular complexity index is 626. The number of hydrogen-bond acceptors (Lipinski definition) is 4. The largest absolute Gasteiger partial charge is 0.473 e. The van der Waals surface area contributed by atoms with Crippen molar-refractivity contribution in [3.8, 4) is 5.88 Å². The third-order valence-electron chi connectivity index (χ3n) is 3.65. The summed E-state index contributed by atoms with van der Waals surface area (Å²) in [4.78, 5) is 22.3. The number of halogens is 1. The van der Waals surface area contributed by atoms with Gasteiger partial charge in [0.25, 0.3) is 5.91 Å². The molecule has 2 aromatic rings. The van der Waals surface area contributed by atoms with E-state index in [9.17, 15) is 4.79 Å². The zero-order chi connectivity index (χ0) is 15.4. The highest BCUT2D eigenvalue weighted by Crippen LogP contribution is 2.19. The number of rotatable bonds is 3. The Labute approximate surface area is 133 Å². The third-order valence-corrected chi connectivity index (χ3v) is 3.90. The van der Waals surface area contributed by atoms with E-state index in [0.29, 0.717) is 29.6 Å². The van der Waals surface area contributed by atoms with Crippen molar-refractivity contribution in [1.82, 2.24) is 14.9 Å². The van der Waals surface area contributed by atoms with E-state index in [1.54, 1.807) is 42.9 Å². The maximum Gasteiger partial charge on any atom is 0.253 e. The Hall–Kier alpha value is -2.14. The molecule has 0 radical (unpaired) electrons. The van der Waals surface area contributed by atoms with Crippen LogP contribution in [0.3, 0.4) is 0 Å². The van der Waals surface area contributed by atoms with Gasteiger partial charge in [-0.1, -0.05) is 11.6 Å². The smallest absolute Gasteiger partial charge is 0.253 e. The van der Waals surface area contributed by atoms with E-state index in [1.165, 1.54) is 0 Å². The summed E-state index contributed by atoms with van der Waals surface area (Å²) in [6, 6.07) is 6.98. The lowest BCUT2D eigenvalue weighted by atomic mass is 10.1. The van der Waals surface area contributed by atoms with E-state index >= 15 is 0 Å². The molecule has 0 N–H and O–H groups in total. The van der Waals surface area contributed by atoms with Gasteiger partial charge in [-0.05, 0) is 24.3 Å². The normalized spacial score (nSPS) is 15.6. The van der Waals surface area contributed by atoms with Crippen LogP contribution in [0.15, 0.2) is 42.9 Å². The molecule has 0 spiro atoms. The van der Waals surface area contributed by atoms with Crippen LogP contribution in [0.5, 0.6) is 5.88 Å². The highest BCUT2D eigenvalue weighted by atomic mass is 35.5. The number of hydrogen-bond donors (Lipinski definition) is 0. The summed E-state index contributed by atoms with van der Waals surface area (Å²) in [5.41, 5.74) is 0.665. The van der Waals surface area contributed by atoms with Crippen LogP contribution in [0.2, 0.25) is 5.02 Å². The maximum absolute atomic E-state index is 12.4. The first-order valence-corrected chi connectivity index (χ1v) is 7.58. The first-order valence-electron chi connectivity index (χ1n) is 7.20. The number of nitrogens with zero attached hydrogens (tertiary/aromatic N) is 3. The average molecular weight is 318 g/mol. The summed E-state index contributed by atoms with van der Waals surface area (Å²) in [6.45, 7) is 1.35. The second-order valence-corrected chi connectivity index (χ2v) is 5.60. The highest BCUT2D eigenvalue weighted by Gasteiger charge is 2.24. The molecule has 114 valence electrons. The van der Waals surface area contributed by atoms with E-state index in [4.69, 9.17) is 16.3 Å². The van der Waals surface area contributed by atoms with Crippen molar-refractivity contribution in [2.45, 2.75) is 18.9 Å². The van der Waals surface area contributed by atoms with E-state index in [2.05, 4.69) is 9.97 Å². The maximum atomic E-state index is 12.4. The minimum atomic E-state index is 0.0367. The van der Waals surface area contributed by atoms with Crippen LogP contribution >= 0.6 is 11.6 Å². The monoisotopic (exact) mass is 317 g/mol. The number of likely N-dealkylation sites (tertiary alicyclic amines) is 1. The minimum Gasteiger partial charge on any atom is -0.473 e. The van der Waals surface area contributed by atoms with Crippen LogP contribution in [-0.2, 0) is 0 Å². The Morgan fingerprint density at radius 3 is 2.55 bits per heavy atom. The predicted octanol–water partition coefficient (Wildman–Crippen LogP) is 2.81. The lowest BCUT2D eigenvalue weighted by molar-refractivity contribution is 0.0587. The molecule has 0 atom stereocenters. The molecule has 1 aromatic heterocycles. The summed E-state index contributed by atoms with van der Waals surface area (Å²) in [5.74, 6) is 0.569. The Morgan fingerprint density at radius 1 is 1.18 bits per heavy atom. The van der Waals surface area contributed by atoms with Crippen molar-refractivity contribution < 1.29 is 9.53 Å². The summed E-state index contributed by atoms with van der Waals surface area (Å²) >= 11 is 5.85. The molecule has 1 fully saturated rings. The number of benzene rings is 1. The number of ether oxygens (including phenoxy) is 1. The molecule has 2 heterocycles. The van der Waals surface area contributed by atoms with Crippen molar-refractivity contribution in [3.05, 3.63) is 53.4 Å². The van der Waals surface area contributed by atoms with Gasteiger partial charge in [-0.25, -0.2) is 4.98 Å². The van der Waals surface area contributed by atoms with Crippen LogP contribution in [0.25, 0.3) is 0 Å². The number of carbonyl (C=O) groups excluding carboxylic acids is 1. The molecule has 0 aliphatic carbocycles. The van der Waals surface area contributed by atoms with Crippen molar-refractivity contribution in [2.24, 2.45) is 0 Å². The molecule has 0 unspecified atom stereocenters. The molecule has 1 aromatic carbocycles. The molecule has 0 bridgehead atoms. The van der Waals surface area contributed by atoms with Gasteiger partial charge in [0.15, 0.2) is 0 Å². The van der Waals surface area contributed by atoms with E-state index in [1.807, 2.05) is 4.90 Å². The number of aromatic nitrogens is 2. The minimum absolute atomic E-state index is 0.0367. The summed E-state index contributed by atoms with van der Waals surface area (Å²) in [5, 5.41) is 0.632. The quantitative estimate of drug-likeness (QED) is 0.873. The van der Waals surface area contributed by atoms with Gasteiger partial charge >= 0.3 is 0 Å². The SMILES string of the molecule is O=C(c1ccc(Cl)cc1)N1CCC(Oc2cnccn2)CC1. The van der Waals surface area contributed by atoms with Gasteiger partial charge in [0.1, 0.15) is 6.10 Å². The Balaban J connectivity index is 1.55. The first kappa shape index (κ1) is 14.8. The summed E-state index contributed by atoms with van der Waals surface area (Å²) < 4.78 is 5.78. The van der Waals surface area contributed by atoms with Gasteiger partial charge in [0.05, 0.1) is 6.20 Å². The van der Waals surface area contributed by atoms with Crippen LogP contribution < -0.4 is 4.74 Å². The fourth-order valence-electron chi connectivity index (χ4n) is 2.47. The molecule has 1 saturated heterocycles. The van der Waals surface area contributed by atoms with Crippen LogP contribution in [0.1, 0.15) is 23.2 Å². The van der Waals surface area contributed by atoms with Gasteiger partial charge in [-0.15, -0.1) is 0 Å². The molecule has 1 aliphatic rings. The zero-order valence-electron chi connectivity index (χ0n) is 12.0. The molecule has 6 heteroatoms. The van der Waals surface area contributed by atoms with Crippen LogP contribution in [0.4, 0.5) is 0 Å². The molecule has 0 saturated carbocycles. The molecule has 5 nitrogen and oxygen atoms in total. The van der Waals surface area contributed by atoms with Gasteiger partial charge in [-0.2, -0.15) is 0 Å². The average Bonchev–Trinajstić information content (AvgIpc) is 2.57. The van der Waals surface area contributed by atoms with Gasteiger partial charge in [0.2, 0.25) is 5.88 Å². The molecular weight excluding hydrogens is 302 g/mol. The summed E-state index contributed by atoms with van der Waals surface area (Å²) in [6.07, 6.45) is 6.47. The van der Waals surface area contributed by atoms with E-state index < -0.39 is 0 Å². The second kappa shape index (κ2) is 6.75.